The monoisotopic (exact) mass is 352 g/mol. The molecule has 0 bridgehead atoms. The molecule has 2 aromatic rings. The summed E-state index contributed by atoms with van der Waals surface area (Å²) in [7, 11) is 0. The molecule has 1 nitrogen and oxygen atoms in total. The molecule has 0 heterocycles. The van der Waals surface area contributed by atoms with Crippen LogP contribution in [0.4, 0.5) is 0 Å². The fourth-order valence-electron chi connectivity index (χ4n) is 2.10. The third kappa shape index (κ3) is 2.59. The highest BCUT2D eigenvalue weighted by molar-refractivity contribution is 14.1. The van der Waals surface area contributed by atoms with E-state index in [0.717, 1.165) is 20.3 Å². The Morgan fingerprint density at radius 1 is 0.944 bits per heavy atom. The third-order valence-corrected chi connectivity index (χ3v) is 4.72. The minimum Gasteiger partial charge on any atom is -0.384 e. The second-order valence-electron chi connectivity index (χ2n) is 4.74. The molecule has 0 aliphatic heterocycles. The van der Waals surface area contributed by atoms with Crippen LogP contribution in [0.1, 0.15) is 33.9 Å². The van der Waals surface area contributed by atoms with Gasteiger partial charge in [0.05, 0.1) is 0 Å². The van der Waals surface area contributed by atoms with Crippen LogP contribution in [0.15, 0.2) is 36.4 Å². The summed E-state index contributed by atoms with van der Waals surface area (Å²) in [6.45, 7) is 6.17. The highest BCUT2D eigenvalue weighted by Gasteiger charge is 2.16. The van der Waals surface area contributed by atoms with Gasteiger partial charge in [0.15, 0.2) is 0 Å². The maximum absolute atomic E-state index is 10.6. The van der Waals surface area contributed by atoms with Crippen LogP contribution in [-0.4, -0.2) is 5.11 Å². The van der Waals surface area contributed by atoms with E-state index in [1.807, 2.05) is 19.1 Å². The Kier molecular flexibility index (Phi) is 4.07. The number of hydrogen-bond donors (Lipinski definition) is 1. The highest BCUT2D eigenvalue weighted by Crippen LogP contribution is 2.30. The summed E-state index contributed by atoms with van der Waals surface area (Å²) in [4.78, 5) is 0. The van der Waals surface area contributed by atoms with E-state index in [0.29, 0.717) is 0 Å². The average molecular weight is 352 g/mol. The van der Waals surface area contributed by atoms with Crippen LogP contribution in [0.2, 0.25) is 0 Å². The number of hydrogen-bond acceptors (Lipinski definition) is 1. The molecule has 94 valence electrons. The Morgan fingerprint density at radius 2 is 1.67 bits per heavy atom. The molecule has 0 spiro atoms. The van der Waals surface area contributed by atoms with Crippen molar-refractivity contribution in [2.45, 2.75) is 26.9 Å². The van der Waals surface area contributed by atoms with Gasteiger partial charge in [-0.3, -0.25) is 0 Å². The Balaban J connectivity index is 2.51. The molecule has 1 N–H and O–H groups in total. The summed E-state index contributed by atoms with van der Waals surface area (Å²) in [5.41, 5.74) is 5.50. The number of halogens is 1. The molecule has 0 amide bonds. The summed E-state index contributed by atoms with van der Waals surface area (Å²) >= 11 is 2.31. The molecule has 2 aromatic carbocycles. The van der Waals surface area contributed by atoms with E-state index in [-0.39, 0.29) is 0 Å². The molecule has 1 unspecified atom stereocenters. The predicted octanol–water partition coefficient (Wildman–Crippen LogP) is 4.30. The number of rotatable bonds is 2. The molecule has 2 heteroatoms. The van der Waals surface area contributed by atoms with Gasteiger partial charge in [-0.15, -0.1) is 0 Å². The first kappa shape index (κ1) is 13.6. The normalized spacial score (nSPS) is 12.5. The lowest BCUT2D eigenvalue weighted by atomic mass is 9.95. The molecule has 0 aliphatic carbocycles. The van der Waals surface area contributed by atoms with E-state index in [1.165, 1.54) is 11.1 Å². The van der Waals surface area contributed by atoms with Gasteiger partial charge >= 0.3 is 0 Å². The summed E-state index contributed by atoms with van der Waals surface area (Å²) < 4.78 is 1.14. The minimum atomic E-state index is -0.545. The molecule has 1 atom stereocenters. The zero-order valence-corrected chi connectivity index (χ0v) is 13.0. The summed E-state index contributed by atoms with van der Waals surface area (Å²) in [6, 6.07) is 12.3. The van der Waals surface area contributed by atoms with Crippen molar-refractivity contribution in [2.75, 3.05) is 0 Å². The van der Waals surface area contributed by atoms with Crippen LogP contribution in [0.5, 0.6) is 0 Å². The van der Waals surface area contributed by atoms with Gasteiger partial charge in [-0.2, -0.15) is 0 Å². The predicted molar refractivity (Wildman–Crippen MR) is 83.9 cm³/mol. The lowest BCUT2D eigenvalue weighted by molar-refractivity contribution is 0.218. The number of aliphatic hydroxyl groups excluding tert-OH is 1. The fraction of sp³-hybridized carbons (Fsp3) is 0.250. The molecule has 0 fully saturated rings. The standard InChI is InChI=1S/C16H17IO/c1-10-7-8-11(2)14(9-10)16(18)13-6-4-5-12(3)15(13)17/h4-9,16,18H,1-3H3. The largest absolute Gasteiger partial charge is 0.384 e. The Hall–Kier alpha value is -0.870. The molecule has 0 saturated heterocycles. The van der Waals surface area contributed by atoms with E-state index in [2.05, 4.69) is 60.7 Å². The number of aryl methyl sites for hydroxylation is 3. The van der Waals surface area contributed by atoms with E-state index in [9.17, 15) is 5.11 Å². The fourth-order valence-corrected chi connectivity index (χ4v) is 2.76. The van der Waals surface area contributed by atoms with Gasteiger partial charge in [-0.05, 0) is 65.6 Å². The molecule has 18 heavy (non-hydrogen) atoms. The maximum atomic E-state index is 10.6. The lowest BCUT2D eigenvalue weighted by Crippen LogP contribution is -2.05. The first-order chi connectivity index (χ1) is 8.50. The van der Waals surface area contributed by atoms with Crippen LogP contribution in [0, 0.1) is 24.3 Å². The quantitative estimate of drug-likeness (QED) is 0.799. The number of benzene rings is 2. The van der Waals surface area contributed by atoms with Gasteiger partial charge in [0.25, 0.3) is 0 Å². The molecule has 0 aliphatic rings. The average Bonchev–Trinajstić information content (AvgIpc) is 2.35. The molecule has 0 radical (unpaired) electrons. The van der Waals surface area contributed by atoms with Crippen LogP contribution in [0.25, 0.3) is 0 Å². The number of aliphatic hydroxyl groups is 1. The summed E-state index contributed by atoms with van der Waals surface area (Å²) in [5, 5.41) is 10.6. The van der Waals surface area contributed by atoms with Crippen molar-refractivity contribution in [3.8, 4) is 0 Å². The smallest absolute Gasteiger partial charge is 0.105 e. The van der Waals surface area contributed by atoms with Crippen LogP contribution >= 0.6 is 22.6 Å². The van der Waals surface area contributed by atoms with Crippen molar-refractivity contribution in [2.24, 2.45) is 0 Å². The van der Waals surface area contributed by atoms with Gasteiger partial charge < -0.3 is 5.11 Å². The highest BCUT2D eigenvalue weighted by atomic mass is 127. The van der Waals surface area contributed by atoms with Crippen molar-refractivity contribution >= 4 is 22.6 Å². The van der Waals surface area contributed by atoms with Crippen molar-refractivity contribution in [1.29, 1.82) is 0 Å². The molecule has 0 saturated carbocycles. The van der Waals surface area contributed by atoms with E-state index in [4.69, 9.17) is 0 Å². The lowest BCUT2D eigenvalue weighted by Gasteiger charge is -2.17. The molecular weight excluding hydrogens is 335 g/mol. The maximum Gasteiger partial charge on any atom is 0.105 e. The van der Waals surface area contributed by atoms with E-state index < -0.39 is 6.10 Å². The zero-order chi connectivity index (χ0) is 13.3. The first-order valence-corrected chi connectivity index (χ1v) is 7.09. The van der Waals surface area contributed by atoms with Gasteiger partial charge in [-0.25, -0.2) is 0 Å². The van der Waals surface area contributed by atoms with Crippen LogP contribution in [0.3, 0.4) is 0 Å². The third-order valence-electron chi connectivity index (χ3n) is 3.25. The first-order valence-electron chi connectivity index (χ1n) is 6.01. The zero-order valence-electron chi connectivity index (χ0n) is 10.9. The summed E-state index contributed by atoms with van der Waals surface area (Å²) in [6.07, 6.45) is -0.545. The summed E-state index contributed by atoms with van der Waals surface area (Å²) in [5.74, 6) is 0. The van der Waals surface area contributed by atoms with Crippen LogP contribution in [-0.2, 0) is 0 Å². The minimum absolute atomic E-state index is 0.545. The van der Waals surface area contributed by atoms with Gasteiger partial charge in [-0.1, -0.05) is 42.0 Å². The molecule has 2 rings (SSSR count). The van der Waals surface area contributed by atoms with Gasteiger partial charge in [0.1, 0.15) is 6.10 Å². The van der Waals surface area contributed by atoms with E-state index in [1.54, 1.807) is 0 Å². The second-order valence-corrected chi connectivity index (χ2v) is 5.82. The SMILES string of the molecule is Cc1ccc(C)c(C(O)c2cccc(C)c2I)c1. The van der Waals surface area contributed by atoms with Gasteiger partial charge in [0.2, 0.25) is 0 Å². The Labute approximate surface area is 122 Å². The second kappa shape index (κ2) is 5.41. The van der Waals surface area contributed by atoms with Gasteiger partial charge in [0, 0.05) is 3.57 Å². The van der Waals surface area contributed by atoms with Crippen LogP contribution < -0.4 is 0 Å². The Bertz CT molecular complexity index is 573. The Morgan fingerprint density at radius 3 is 2.39 bits per heavy atom. The van der Waals surface area contributed by atoms with Crippen molar-refractivity contribution in [1.82, 2.24) is 0 Å². The topological polar surface area (TPSA) is 20.2 Å². The van der Waals surface area contributed by atoms with Crippen molar-refractivity contribution in [3.05, 3.63) is 67.8 Å². The van der Waals surface area contributed by atoms with E-state index >= 15 is 0 Å². The van der Waals surface area contributed by atoms with Crippen molar-refractivity contribution < 1.29 is 5.11 Å². The van der Waals surface area contributed by atoms with Crippen molar-refractivity contribution in [3.63, 3.8) is 0 Å². The molecular formula is C16H17IO. The molecule has 0 aromatic heterocycles.